The van der Waals surface area contributed by atoms with E-state index in [4.69, 9.17) is 24.7 Å². The summed E-state index contributed by atoms with van der Waals surface area (Å²) in [6, 6.07) is 86.8. The third-order valence-electron chi connectivity index (χ3n) is 23.0. The number of ether oxygens (including phenoxy) is 1. The molecule has 706 valence electrons. The van der Waals surface area contributed by atoms with Crippen LogP contribution in [0.15, 0.2) is 366 Å². The summed E-state index contributed by atoms with van der Waals surface area (Å²) < 4.78 is 11.5. The number of aryl methyl sites for hydroxylation is 4. The van der Waals surface area contributed by atoms with E-state index in [2.05, 4.69) is 67.3 Å². The smallest absolute Gasteiger partial charge is 0.311 e. The van der Waals surface area contributed by atoms with Gasteiger partial charge in [-0.3, -0.25) is 67.5 Å². The van der Waals surface area contributed by atoms with E-state index in [9.17, 15) is 54.8 Å². The number of fused-ring (bicyclic) bond motifs is 4. The van der Waals surface area contributed by atoms with Gasteiger partial charge in [0.1, 0.15) is 52.0 Å². The molecule has 0 saturated heterocycles. The first kappa shape index (κ1) is 96.9. The van der Waals surface area contributed by atoms with Gasteiger partial charge in [0, 0.05) is 117 Å². The van der Waals surface area contributed by atoms with E-state index < -0.39 is 16.4 Å². The van der Waals surface area contributed by atoms with Crippen LogP contribution < -0.4 is 27.0 Å². The van der Waals surface area contributed by atoms with Gasteiger partial charge in [0.25, 0.3) is 22.2 Å². The predicted octanol–water partition coefficient (Wildman–Crippen LogP) is 21.1. The van der Waals surface area contributed by atoms with Gasteiger partial charge >= 0.3 is 5.69 Å². The Labute approximate surface area is 836 Å². The molecule has 0 amide bonds. The molecule has 25 nitrogen and oxygen atoms in total. The van der Waals surface area contributed by atoms with Crippen LogP contribution in [0.5, 0.6) is 34.5 Å². The van der Waals surface area contributed by atoms with E-state index in [1.165, 1.54) is 47.0 Å². The van der Waals surface area contributed by atoms with Crippen LogP contribution >= 0.6 is 0 Å². The minimum Gasteiger partial charge on any atom is -0.508 e. The Morgan fingerprint density at radius 1 is 0.295 bits per heavy atom. The van der Waals surface area contributed by atoms with Crippen LogP contribution in [0.25, 0.3) is 115 Å². The maximum atomic E-state index is 13.6. The standard InChI is InChI=1S/C31H23N3O2.C30H20N4O4.2C30H21N3O3/c1-22-20-24(9-10-25-6-5-19-32-21-25)13-17-29(22)34-30(18-14-23-11-15-26(36-2)16-12-23)33-28-8-4-3-7-27(28)31(34)35;1-20-17-21(8-9-23-5-4-16-31-19-23)10-13-26(20)33-29(32-25-7-3-2-6-24(25)30(33)36)15-12-22-11-14-28(35)27(18-22)34(37)38;1-20-17-21(8-9-22-5-4-16-31-19-22)10-14-27(20)33-29(15-12-23-11-13-24(34)18-28(23)35)32-26-7-3-2-6-25(26)30(33)36;1-20-17-21(8-9-22-5-4-16-31-19-22)10-13-27(20)33-29(15-11-23-18-24(34)12-14-28(23)35)32-26-7-3-2-6-25(26)30(33)36/h3-8,11-21H,1-2H3;2-7,10-19,35H,1H3;2*2-7,10-19,34-35H,1H3/b18-14+;2*15-12+;15-11+. The first-order valence-corrected chi connectivity index (χ1v) is 45.6. The van der Waals surface area contributed by atoms with Gasteiger partial charge < -0.3 is 30.3 Å². The summed E-state index contributed by atoms with van der Waals surface area (Å²) in [4.78, 5) is 100. The minimum atomic E-state index is -0.654. The Morgan fingerprint density at radius 3 is 0.932 bits per heavy atom. The first-order chi connectivity index (χ1) is 71.0. The van der Waals surface area contributed by atoms with Crippen molar-refractivity contribution in [3.05, 3.63) is 511 Å². The Balaban J connectivity index is 0.000000133. The summed E-state index contributed by atoms with van der Waals surface area (Å²) in [5, 5.41) is 62.7. The van der Waals surface area contributed by atoms with Gasteiger partial charge in [0.2, 0.25) is 0 Å². The summed E-state index contributed by atoms with van der Waals surface area (Å²) in [5.74, 6) is 27.0. The van der Waals surface area contributed by atoms with Gasteiger partial charge in [-0.2, -0.15) is 0 Å². The summed E-state index contributed by atoms with van der Waals surface area (Å²) in [7, 11) is 1.64. The van der Waals surface area contributed by atoms with Crippen LogP contribution in [0.3, 0.4) is 0 Å². The lowest BCUT2D eigenvalue weighted by Gasteiger charge is -2.14. The predicted molar refractivity (Wildman–Crippen MR) is 572 cm³/mol. The van der Waals surface area contributed by atoms with Gasteiger partial charge in [-0.05, 0) is 316 Å². The molecule has 0 spiro atoms. The molecule has 25 heteroatoms. The molecule has 8 heterocycles. The van der Waals surface area contributed by atoms with Gasteiger partial charge in [0.15, 0.2) is 5.75 Å². The molecule has 0 fully saturated rings. The summed E-state index contributed by atoms with van der Waals surface area (Å²) in [6.07, 6.45) is 27.3. The van der Waals surface area contributed by atoms with E-state index in [1.54, 1.807) is 180 Å². The zero-order valence-electron chi connectivity index (χ0n) is 78.9. The molecule has 20 rings (SSSR count). The SMILES string of the molecule is COc1ccc(/C=C/c2nc3ccccc3c(=O)n2-c2ccc(C#Cc3cccnc3)cc2C)cc1.Cc1cc(C#Cc2cccnc2)ccc1-n1c(/C=C/c2cc(O)ccc2O)nc2ccccc2c1=O.Cc1cc(C#Cc2cccnc2)ccc1-n1c(/C=C/c2ccc(O)c([N+](=O)[O-])c2)nc2ccccc2c1=O.Cc1cc(C#Cc2cccnc2)ccc1-n1c(/C=C/c2ccc(O)cc2O)nc2ccccc2c1=O. The average molecular weight is 1910 g/mol. The lowest BCUT2D eigenvalue weighted by Crippen LogP contribution is -2.23. The van der Waals surface area contributed by atoms with Crippen molar-refractivity contribution in [3.63, 3.8) is 0 Å². The molecule has 0 bridgehead atoms. The number of nitrogens with zero attached hydrogens (tertiary/aromatic N) is 13. The fourth-order valence-corrected chi connectivity index (χ4v) is 15.8. The summed E-state index contributed by atoms with van der Waals surface area (Å²) >= 11 is 0. The van der Waals surface area contributed by atoms with Crippen molar-refractivity contribution in [3.8, 4) is 105 Å². The van der Waals surface area contributed by atoms with Crippen LogP contribution in [-0.4, -0.2) is 95.7 Å². The largest absolute Gasteiger partial charge is 0.508 e. The number of phenolic OH excluding ortho intramolecular Hbond substituents is 5. The maximum absolute atomic E-state index is 13.6. The van der Waals surface area contributed by atoms with Crippen molar-refractivity contribution in [2.75, 3.05) is 7.11 Å². The van der Waals surface area contributed by atoms with Crippen molar-refractivity contribution in [2.24, 2.45) is 0 Å². The van der Waals surface area contributed by atoms with Crippen LogP contribution in [-0.2, 0) is 0 Å². The monoisotopic (exact) mass is 1910 g/mol. The zero-order valence-corrected chi connectivity index (χ0v) is 78.9. The molecule has 0 aliphatic heterocycles. The number of hydrogen-bond donors (Lipinski definition) is 5. The molecule has 0 radical (unpaired) electrons. The molecule has 12 aromatic carbocycles. The molecule has 5 N–H and O–H groups in total. The highest BCUT2D eigenvalue weighted by Gasteiger charge is 2.21. The molecular formula is C121H85N13O12. The van der Waals surface area contributed by atoms with Crippen molar-refractivity contribution in [2.45, 2.75) is 27.7 Å². The van der Waals surface area contributed by atoms with E-state index >= 15 is 0 Å². The lowest BCUT2D eigenvalue weighted by molar-refractivity contribution is -0.385. The van der Waals surface area contributed by atoms with Crippen molar-refractivity contribution in [1.82, 2.24) is 58.1 Å². The van der Waals surface area contributed by atoms with Crippen molar-refractivity contribution in [1.29, 1.82) is 0 Å². The van der Waals surface area contributed by atoms with Gasteiger partial charge in [-0.1, -0.05) is 126 Å². The Kier molecular flexibility index (Phi) is 29.7. The molecule has 0 saturated carbocycles. The molecular weight excluding hydrogens is 1830 g/mol. The van der Waals surface area contributed by atoms with Crippen LogP contribution in [0, 0.1) is 85.2 Å². The van der Waals surface area contributed by atoms with Crippen LogP contribution in [0.4, 0.5) is 5.69 Å². The third kappa shape index (κ3) is 23.1. The van der Waals surface area contributed by atoms with E-state index in [1.807, 2.05) is 222 Å². The van der Waals surface area contributed by atoms with E-state index in [0.29, 0.717) is 101 Å². The Morgan fingerprint density at radius 2 is 0.603 bits per heavy atom. The maximum Gasteiger partial charge on any atom is 0.311 e. The molecule has 0 atom stereocenters. The number of hydrogen-bond acceptors (Lipinski definition) is 20. The number of nitro groups is 1. The topological polar surface area (TPSA) is 345 Å². The fourth-order valence-electron chi connectivity index (χ4n) is 15.8. The number of para-hydroxylation sites is 4. The van der Waals surface area contributed by atoms with Gasteiger partial charge in [-0.15, -0.1) is 0 Å². The number of pyridine rings is 4. The van der Waals surface area contributed by atoms with Crippen LogP contribution in [0.1, 0.15) is 112 Å². The second-order valence-electron chi connectivity index (χ2n) is 33.1. The second-order valence-corrected chi connectivity index (χ2v) is 33.1. The highest BCUT2D eigenvalue weighted by molar-refractivity contribution is 5.86. The zero-order chi connectivity index (χ0) is 102. The quantitative estimate of drug-likeness (QED) is 0.0292. The van der Waals surface area contributed by atoms with Crippen LogP contribution in [0.2, 0.25) is 0 Å². The third-order valence-corrected chi connectivity index (χ3v) is 23.0. The minimum absolute atomic E-state index is 0.00598. The van der Waals surface area contributed by atoms with Gasteiger partial charge in [0.05, 0.1) is 78.4 Å². The second kappa shape index (κ2) is 44.8. The number of aromatic hydroxyl groups is 5. The van der Waals surface area contributed by atoms with Crippen molar-refractivity contribution < 1.29 is 35.2 Å². The van der Waals surface area contributed by atoms with Gasteiger partial charge in [-0.25, -0.2) is 19.9 Å². The Bertz CT molecular complexity index is 9140. The van der Waals surface area contributed by atoms with E-state index in [0.717, 1.165) is 83.8 Å². The normalized spacial score (nSPS) is 10.9. The molecule has 0 unspecified atom stereocenters. The highest BCUT2D eigenvalue weighted by Crippen LogP contribution is 2.32. The van der Waals surface area contributed by atoms with E-state index in [-0.39, 0.29) is 45.2 Å². The molecule has 8 aromatic heterocycles. The fraction of sp³-hybridized carbons (Fsp3) is 0.0413. The highest BCUT2D eigenvalue weighted by atomic mass is 16.6. The lowest BCUT2D eigenvalue weighted by atomic mass is 10.1. The molecule has 0 aliphatic rings. The molecule has 0 aliphatic carbocycles. The van der Waals surface area contributed by atoms with Crippen molar-refractivity contribution >= 4 is 97.9 Å². The summed E-state index contributed by atoms with van der Waals surface area (Å²) in [6.45, 7) is 7.71. The number of aromatic nitrogens is 12. The summed E-state index contributed by atoms with van der Waals surface area (Å²) in [5.41, 5.74) is 16.2. The number of methoxy groups -OCH3 is 1. The molecule has 146 heavy (non-hydrogen) atoms. The molecule has 20 aromatic rings. The number of benzene rings is 12. The first-order valence-electron chi connectivity index (χ1n) is 45.6. The average Bonchev–Trinajstić information content (AvgIpc) is 0.776. The number of rotatable bonds is 14. The number of nitro benzene ring substituents is 1. The number of phenols is 5. The Hall–Kier alpha value is -20.8.